The quantitative estimate of drug-likeness (QED) is 0.343. The predicted octanol–water partition coefficient (Wildman–Crippen LogP) is 1.25. The van der Waals surface area contributed by atoms with Gasteiger partial charge in [-0.1, -0.05) is 42.5 Å². The van der Waals surface area contributed by atoms with E-state index < -0.39 is 0 Å². The van der Waals surface area contributed by atoms with Crippen molar-refractivity contribution < 1.29 is 5.41 Å². The molecule has 0 radical (unpaired) electrons. The molecule has 0 aliphatic rings. The van der Waals surface area contributed by atoms with Gasteiger partial charge in [0.05, 0.1) is 5.56 Å². The van der Waals surface area contributed by atoms with E-state index in [4.69, 9.17) is 11.1 Å². The Labute approximate surface area is 172 Å². The van der Waals surface area contributed by atoms with E-state index in [0.29, 0.717) is 5.84 Å². The minimum absolute atomic E-state index is 0.253. The Hall–Kier alpha value is -4.33. The van der Waals surface area contributed by atoms with Crippen molar-refractivity contribution in [2.75, 3.05) is 0 Å². The van der Waals surface area contributed by atoms with Crippen LogP contribution in [0.15, 0.2) is 86.0 Å². The van der Waals surface area contributed by atoms with Gasteiger partial charge >= 0.3 is 0 Å². The molecule has 146 valence electrons. The smallest absolute Gasteiger partial charge is 0.270 e. The van der Waals surface area contributed by atoms with Crippen LogP contribution in [0.3, 0.4) is 0 Å². The van der Waals surface area contributed by atoms with Crippen molar-refractivity contribution in [2.45, 2.75) is 6.17 Å². The number of fused-ring (bicyclic) bond motifs is 1. The third-order valence-corrected chi connectivity index (χ3v) is 5.09. The monoisotopic (exact) mass is 395 g/mol. The highest BCUT2D eigenvalue weighted by Gasteiger charge is 2.17. The lowest BCUT2D eigenvalue weighted by Crippen LogP contribution is -2.46. The summed E-state index contributed by atoms with van der Waals surface area (Å²) in [5.74, 6) is 0.325. The summed E-state index contributed by atoms with van der Waals surface area (Å²) in [5, 5.41) is 16.5. The van der Waals surface area contributed by atoms with Crippen LogP contribution in [0.4, 0.5) is 0 Å². The molecule has 0 spiro atoms. The molecule has 0 saturated heterocycles. The average Bonchev–Trinajstić information content (AvgIpc) is 3.49. The van der Waals surface area contributed by atoms with Crippen LogP contribution in [-0.4, -0.2) is 35.4 Å². The van der Waals surface area contributed by atoms with Gasteiger partial charge in [0, 0.05) is 0 Å². The minimum Gasteiger partial charge on any atom is -0.287 e. The first-order valence-corrected chi connectivity index (χ1v) is 9.40. The minimum atomic E-state index is -0.253. The summed E-state index contributed by atoms with van der Waals surface area (Å²) < 4.78 is 3.49. The first-order valence-electron chi connectivity index (χ1n) is 9.40. The summed E-state index contributed by atoms with van der Waals surface area (Å²) in [6, 6.07) is 20.6. The zero-order chi connectivity index (χ0) is 20.5. The van der Waals surface area contributed by atoms with Crippen LogP contribution < -0.4 is 11.1 Å². The average molecular weight is 395 g/mol. The fourth-order valence-corrected chi connectivity index (χ4v) is 3.57. The molecule has 8 nitrogen and oxygen atoms in total. The third-order valence-electron chi connectivity index (χ3n) is 5.09. The molecule has 0 unspecified atom stereocenters. The van der Waals surface area contributed by atoms with Gasteiger partial charge in [-0.05, 0) is 45.7 Å². The van der Waals surface area contributed by atoms with Gasteiger partial charge in [0.15, 0.2) is 6.17 Å². The molecule has 5 aromatic rings. The Balaban J connectivity index is 1.50. The van der Waals surface area contributed by atoms with Crippen LogP contribution in [0, 0.1) is 0 Å². The lowest BCUT2D eigenvalue weighted by molar-refractivity contribution is -0.114. The number of benzene rings is 3. The van der Waals surface area contributed by atoms with E-state index in [-0.39, 0.29) is 6.17 Å². The van der Waals surface area contributed by atoms with Crippen molar-refractivity contribution in [3.05, 3.63) is 97.1 Å². The molecular weight excluding hydrogens is 376 g/mol. The molecular formula is C22H19N8+. The molecule has 3 aromatic carbocycles. The summed E-state index contributed by atoms with van der Waals surface area (Å²) in [5.41, 5.74) is 9.82. The SMILES string of the molecule is NC(=[NH2+])c1ccc2cc(-c3ccc(C(n4cncn4)n4cncn4)cc3)ccc2c1. The second-order valence-corrected chi connectivity index (χ2v) is 6.98. The summed E-state index contributed by atoms with van der Waals surface area (Å²) in [6.07, 6.45) is 6.10. The van der Waals surface area contributed by atoms with Crippen LogP contribution in [-0.2, 0) is 0 Å². The maximum atomic E-state index is 5.71. The maximum absolute atomic E-state index is 5.71. The van der Waals surface area contributed by atoms with Crippen molar-refractivity contribution in [3.8, 4) is 11.1 Å². The zero-order valence-electron chi connectivity index (χ0n) is 16.0. The number of amidine groups is 1. The Morgan fingerprint density at radius 1 is 0.767 bits per heavy atom. The lowest BCUT2D eigenvalue weighted by atomic mass is 9.98. The fraction of sp³-hybridized carbons (Fsp3) is 0.0455. The highest BCUT2D eigenvalue weighted by atomic mass is 15.5. The predicted molar refractivity (Wildman–Crippen MR) is 113 cm³/mol. The summed E-state index contributed by atoms with van der Waals surface area (Å²) >= 11 is 0. The normalized spacial score (nSPS) is 11.2. The van der Waals surface area contributed by atoms with Gasteiger partial charge in [-0.15, -0.1) is 0 Å². The molecule has 0 saturated carbocycles. The summed E-state index contributed by atoms with van der Waals surface area (Å²) in [7, 11) is 0. The molecule has 5 rings (SSSR count). The van der Waals surface area contributed by atoms with Crippen LogP contribution in [0.2, 0.25) is 0 Å². The molecule has 0 aliphatic heterocycles. The zero-order valence-corrected chi connectivity index (χ0v) is 16.0. The van der Waals surface area contributed by atoms with E-state index in [1.165, 1.54) is 12.7 Å². The van der Waals surface area contributed by atoms with E-state index >= 15 is 0 Å². The van der Waals surface area contributed by atoms with Crippen molar-refractivity contribution in [1.29, 1.82) is 0 Å². The second-order valence-electron chi connectivity index (χ2n) is 6.98. The first kappa shape index (κ1) is 17.7. The second kappa shape index (κ2) is 7.25. The van der Waals surface area contributed by atoms with Gasteiger partial charge in [0.1, 0.15) is 25.3 Å². The van der Waals surface area contributed by atoms with E-state index in [0.717, 1.165) is 33.0 Å². The Kier molecular flexibility index (Phi) is 4.29. The number of nitrogens with zero attached hydrogens (tertiary/aromatic N) is 6. The van der Waals surface area contributed by atoms with E-state index in [2.05, 4.69) is 62.6 Å². The Morgan fingerprint density at radius 3 is 1.97 bits per heavy atom. The van der Waals surface area contributed by atoms with Crippen LogP contribution in [0.5, 0.6) is 0 Å². The van der Waals surface area contributed by atoms with Crippen molar-refractivity contribution in [1.82, 2.24) is 29.5 Å². The number of hydrogen-bond donors (Lipinski definition) is 2. The molecule has 4 N–H and O–H groups in total. The maximum Gasteiger partial charge on any atom is 0.270 e. The molecule has 2 heterocycles. The molecule has 0 aliphatic carbocycles. The van der Waals surface area contributed by atoms with Gasteiger partial charge in [0.2, 0.25) is 0 Å². The first-order chi connectivity index (χ1) is 14.7. The van der Waals surface area contributed by atoms with E-state index in [1.807, 2.05) is 18.2 Å². The lowest BCUT2D eigenvalue weighted by Gasteiger charge is -2.18. The fourth-order valence-electron chi connectivity index (χ4n) is 3.57. The number of nitrogens with two attached hydrogens (primary N) is 2. The van der Waals surface area contributed by atoms with Crippen molar-refractivity contribution >= 4 is 16.6 Å². The van der Waals surface area contributed by atoms with Gasteiger partial charge in [-0.25, -0.2) is 19.3 Å². The molecule has 30 heavy (non-hydrogen) atoms. The van der Waals surface area contributed by atoms with Crippen molar-refractivity contribution in [3.63, 3.8) is 0 Å². The molecule has 8 heteroatoms. The molecule has 0 fully saturated rings. The summed E-state index contributed by atoms with van der Waals surface area (Å²) in [6.45, 7) is 0. The number of hydrogen-bond acceptors (Lipinski definition) is 4. The van der Waals surface area contributed by atoms with Crippen molar-refractivity contribution in [2.24, 2.45) is 5.73 Å². The Morgan fingerprint density at radius 2 is 1.37 bits per heavy atom. The third kappa shape index (κ3) is 3.20. The number of rotatable bonds is 5. The molecule has 0 atom stereocenters. The van der Waals surface area contributed by atoms with E-state index in [1.54, 1.807) is 22.0 Å². The number of aromatic nitrogens is 6. The van der Waals surface area contributed by atoms with E-state index in [9.17, 15) is 0 Å². The highest BCUT2D eigenvalue weighted by Crippen LogP contribution is 2.27. The molecule has 0 bridgehead atoms. The highest BCUT2D eigenvalue weighted by molar-refractivity contribution is 5.98. The topological polar surface area (TPSA) is 113 Å². The van der Waals surface area contributed by atoms with Gasteiger partial charge in [-0.3, -0.25) is 11.1 Å². The Bertz CT molecular complexity index is 1270. The standard InChI is InChI=1S/C22H18N8/c23-21(24)20-8-7-18-9-17(5-6-19(18)10-20)15-1-3-16(4-2-15)22(29-13-25-11-27-29)30-14-26-12-28-30/h1-14,22H,(H3,23,24)/p+1. The molecule has 0 amide bonds. The van der Waals surface area contributed by atoms with Crippen LogP contribution >= 0.6 is 0 Å². The molecule has 2 aromatic heterocycles. The van der Waals surface area contributed by atoms with Gasteiger partial charge in [-0.2, -0.15) is 10.2 Å². The summed E-state index contributed by atoms with van der Waals surface area (Å²) in [4.78, 5) is 8.13. The van der Waals surface area contributed by atoms with Crippen LogP contribution in [0.25, 0.3) is 21.9 Å². The van der Waals surface area contributed by atoms with Gasteiger partial charge < -0.3 is 0 Å². The largest absolute Gasteiger partial charge is 0.287 e. The van der Waals surface area contributed by atoms with Crippen LogP contribution in [0.1, 0.15) is 17.3 Å². The van der Waals surface area contributed by atoms with Gasteiger partial charge in [0.25, 0.3) is 5.84 Å².